The van der Waals surface area contributed by atoms with Gasteiger partial charge in [0.1, 0.15) is 0 Å². The molecule has 2 heterocycles. The van der Waals surface area contributed by atoms with Gasteiger partial charge in [-0.1, -0.05) is 0 Å². The number of nitrogens with zero attached hydrogens (tertiary/aromatic N) is 4. The van der Waals surface area contributed by atoms with Gasteiger partial charge in [0.05, 0.1) is 29.6 Å². The second-order valence-corrected chi connectivity index (χ2v) is 4.15. The van der Waals surface area contributed by atoms with Gasteiger partial charge >= 0.3 is 0 Å². The Morgan fingerprint density at radius 2 is 2.13 bits per heavy atom. The van der Waals surface area contributed by atoms with Crippen molar-refractivity contribution in [2.24, 2.45) is 0 Å². The van der Waals surface area contributed by atoms with Gasteiger partial charge in [-0.2, -0.15) is 10.4 Å². The van der Waals surface area contributed by atoms with Crippen LogP contribution in [0, 0.1) is 18.3 Å². The van der Waals surface area contributed by atoms with E-state index in [2.05, 4.69) is 16.2 Å². The standard InChI is InChI=1S/C11H12N4/c1-8-5-13-10-4-9(6-14-15(8)10)11(2,3)7-12/h4-6H,1-3H3. The molecule has 0 N–H and O–H groups in total. The summed E-state index contributed by atoms with van der Waals surface area (Å²) in [5.74, 6) is 0. The molecular formula is C11H12N4. The Hall–Kier alpha value is -1.89. The number of hydrogen-bond acceptors (Lipinski definition) is 3. The van der Waals surface area contributed by atoms with Crippen molar-refractivity contribution in [2.75, 3.05) is 0 Å². The van der Waals surface area contributed by atoms with Crippen LogP contribution in [-0.2, 0) is 5.41 Å². The van der Waals surface area contributed by atoms with Gasteiger partial charge in [-0.25, -0.2) is 9.50 Å². The molecule has 0 fully saturated rings. The van der Waals surface area contributed by atoms with Crippen LogP contribution in [0.3, 0.4) is 0 Å². The fraction of sp³-hybridized carbons (Fsp3) is 0.364. The molecule has 0 saturated carbocycles. The highest BCUT2D eigenvalue weighted by molar-refractivity contribution is 5.44. The zero-order valence-electron chi connectivity index (χ0n) is 9.02. The molecule has 4 heteroatoms. The maximum atomic E-state index is 9.02. The lowest BCUT2D eigenvalue weighted by molar-refractivity contribution is 0.675. The van der Waals surface area contributed by atoms with Crippen LogP contribution < -0.4 is 0 Å². The highest BCUT2D eigenvalue weighted by Crippen LogP contribution is 2.22. The van der Waals surface area contributed by atoms with Gasteiger partial charge in [0, 0.05) is 0 Å². The molecule has 2 aromatic heterocycles. The van der Waals surface area contributed by atoms with Crippen LogP contribution in [0.2, 0.25) is 0 Å². The molecule has 15 heavy (non-hydrogen) atoms. The number of nitriles is 1. The first-order chi connectivity index (χ1) is 7.04. The van der Waals surface area contributed by atoms with Crippen molar-refractivity contribution in [3.05, 3.63) is 29.7 Å². The summed E-state index contributed by atoms with van der Waals surface area (Å²) in [5.41, 5.74) is 2.15. The van der Waals surface area contributed by atoms with Gasteiger partial charge in [0.2, 0.25) is 0 Å². The van der Waals surface area contributed by atoms with Crippen molar-refractivity contribution in [2.45, 2.75) is 26.2 Å². The Morgan fingerprint density at radius 3 is 2.80 bits per heavy atom. The van der Waals surface area contributed by atoms with E-state index in [1.54, 1.807) is 16.9 Å². The van der Waals surface area contributed by atoms with Crippen LogP contribution in [0.25, 0.3) is 5.65 Å². The molecule has 0 aliphatic heterocycles. The molecule has 0 aliphatic rings. The van der Waals surface area contributed by atoms with E-state index >= 15 is 0 Å². The van der Waals surface area contributed by atoms with Gasteiger partial charge < -0.3 is 0 Å². The molecular weight excluding hydrogens is 188 g/mol. The highest BCUT2D eigenvalue weighted by atomic mass is 15.2. The first-order valence-corrected chi connectivity index (χ1v) is 4.77. The Bertz CT molecular complexity index is 545. The van der Waals surface area contributed by atoms with Gasteiger partial charge in [-0.3, -0.25) is 0 Å². The van der Waals surface area contributed by atoms with Crippen LogP contribution in [0.5, 0.6) is 0 Å². The second-order valence-electron chi connectivity index (χ2n) is 4.15. The van der Waals surface area contributed by atoms with Crippen molar-refractivity contribution in [1.29, 1.82) is 5.26 Å². The Kier molecular flexibility index (Phi) is 1.97. The summed E-state index contributed by atoms with van der Waals surface area (Å²) < 4.78 is 1.76. The normalized spacial score (nSPS) is 11.6. The number of hydrogen-bond donors (Lipinski definition) is 0. The molecule has 0 amide bonds. The lowest BCUT2D eigenvalue weighted by atomic mass is 9.88. The SMILES string of the molecule is Cc1cnc2cc(C(C)(C)C#N)cnn12. The third-order valence-corrected chi connectivity index (χ3v) is 2.53. The van der Waals surface area contributed by atoms with Crippen LogP contribution >= 0.6 is 0 Å². The highest BCUT2D eigenvalue weighted by Gasteiger charge is 2.20. The van der Waals surface area contributed by atoms with Gasteiger partial charge in [0.25, 0.3) is 0 Å². The molecule has 0 unspecified atom stereocenters. The van der Waals surface area contributed by atoms with E-state index in [1.807, 2.05) is 26.8 Å². The summed E-state index contributed by atoms with van der Waals surface area (Å²) in [4.78, 5) is 4.22. The monoisotopic (exact) mass is 200 g/mol. The van der Waals surface area contributed by atoms with Crippen LogP contribution in [0.4, 0.5) is 0 Å². The number of imidazole rings is 1. The maximum Gasteiger partial charge on any atom is 0.154 e. The van der Waals surface area contributed by atoms with E-state index in [9.17, 15) is 0 Å². The minimum Gasteiger partial charge on any atom is -0.235 e. The zero-order chi connectivity index (χ0) is 11.1. The van der Waals surface area contributed by atoms with Crippen molar-refractivity contribution in [1.82, 2.24) is 14.6 Å². The first kappa shape index (κ1) is 9.66. The predicted octanol–water partition coefficient (Wildman–Crippen LogP) is 1.84. The second kappa shape index (κ2) is 3.06. The summed E-state index contributed by atoms with van der Waals surface area (Å²) in [6.45, 7) is 5.69. The smallest absolute Gasteiger partial charge is 0.154 e. The van der Waals surface area contributed by atoms with Crippen LogP contribution in [-0.4, -0.2) is 14.6 Å². The summed E-state index contributed by atoms with van der Waals surface area (Å²) in [7, 11) is 0. The molecule has 0 aromatic carbocycles. The molecule has 0 bridgehead atoms. The predicted molar refractivity (Wildman–Crippen MR) is 56.4 cm³/mol. The molecule has 2 rings (SSSR count). The summed E-state index contributed by atoms with van der Waals surface area (Å²) in [6, 6.07) is 4.16. The van der Waals surface area contributed by atoms with Gasteiger partial charge in [-0.15, -0.1) is 0 Å². The van der Waals surface area contributed by atoms with E-state index in [1.165, 1.54) is 0 Å². The maximum absolute atomic E-state index is 9.02. The summed E-state index contributed by atoms with van der Waals surface area (Å²) >= 11 is 0. The molecule has 2 aromatic rings. The fourth-order valence-corrected chi connectivity index (χ4v) is 1.40. The van der Waals surface area contributed by atoms with Crippen molar-refractivity contribution >= 4 is 5.65 Å². The minimum absolute atomic E-state index is 0.519. The molecule has 0 saturated heterocycles. The summed E-state index contributed by atoms with van der Waals surface area (Å²) in [5, 5.41) is 13.3. The fourth-order valence-electron chi connectivity index (χ4n) is 1.40. The lowest BCUT2D eigenvalue weighted by Crippen LogP contribution is -2.15. The topological polar surface area (TPSA) is 54.0 Å². The van der Waals surface area contributed by atoms with E-state index in [-0.39, 0.29) is 0 Å². The van der Waals surface area contributed by atoms with Crippen molar-refractivity contribution in [3.63, 3.8) is 0 Å². The Balaban J connectivity index is 2.63. The zero-order valence-corrected chi connectivity index (χ0v) is 9.02. The van der Waals surface area contributed by atoms with Crippen molar-refractivity contribution in [3.8, 4) is 6.07 Å². The quantitative estimate of drug-likeness (QED) is 0.705. The molecule has 0 aliphatic carbocycles. The largest absolute Gasteiger partial charge is 0.235 e. The van der Waals surface area contributed by atoms with Gasteiger partial charge in [-0.05, 0) is 32.4 Å². The number of fused-ring (bicyclic) bond motifs is 1. The van der Waals surface area contributed by atoms with E-state index in [0.717, 1.165) is 16.9 Å². The van der Waals surface area contributed by atoms with E-state index < -0.39 is 5.41 Å². The van der Waals surface area contributed by atoms with Crippen LogP contribution in [0.15, 0.2) is 18.5 Å². The van der Waals surface area contributed by atoms with Crippen LogP contribution in [0.1, 0.15) is 25.1 Å². The third kappa shape index (κ3) is 1.46. The molecule has 76 valence electrons. The average molecular weight is 200 g/mol. The summed E-state index contributed by atoms with van der Waals surface area (Å²) in [6.07, 6.45) is 3.50. The average Bonchev–Trinajstić information content (AvgIpc) is 2.60. The third-order valence-electron chi connectivity index (χ3n) is 2.53. The molecule has 0 spiro atoms. The van der Waals surface area contributed by atoms with Gasteiger partial charge in [0.15, 0.2) is 5.65 Å². The Labute approximate surface area is 88.2 Å². The number of rotatable bonds is 1. The molecule has 4 nitrogen and oxygen atoms in total. The van der Waals surface area contributed by atoms with E-state index in [0.29, 0.717) is 0 Å². The lowest BCUT2D eigenvalue weighted by Gasteiger charge is -2.14. The molecule has 0 atom stereocenters. The van der Waals surface area contributed by atoms with E-state index in [4.69, 9.17) is 5.26 Å². The van der Waals surface area contributed by atoms with Crippen molar-refractivity contribution < 1.29 is 0 Å². The molecule has 0 radical (unpaired) electrons. The Morgan fingerprint density at radius 1 is 1.40 bits per heavy atom. The number of aromatic nitrogens is 3. The first-order valence-electron chi connectivity index (χ1n) is 4.77. The number of aryl methyl sites for hydroxylation is 1. The minimum atomic E-state index is -0.519.